The van der Waals surface area contributed by atoms with Crippen LogP contribution in [0.5, 0.6) is 17.2 Å². The Balaban J connectivity index is 1.28. The van der Waals surface area contributed by atoms with Crippen molar-refractivity contribution >= 4 is 21.8 Å². The molecule has 2 N–H and O–H groups in total. The first-order valence-corrected chi connectivity index (χ1v) is 14.0. The number of oxazole rings is 1. The third kappa shape index (κ3) is 5.52. The minimum Gasteiger partial charge on any atom is -0.493 e. The van der Waals surface area contributed by atoms with Gasteiger partial charge in [-0.15, -0.1) is 0 Å². The van der Waals surface area contributed by atoms with Crippen LogP contribution in [0, 0.1) is 6.92 Å². The van der Waals surface area contributed by atoms with Crippen LogP contribution in [0.15, 0.2) is 89.6 Å². The number of aliphatic hydroxyl groups is 2. The molecule has 0 spiro atoms. The first-order chi connectivity index (χ1) is 20.7. The molecule has 0 fully saturated rings. The molecule has 0 amide bonds. The highest BCUT2D eigenvalue weighted by Crippen LogP contribution is 2.38. The third-order valence-electron chi connectivity index (χ3n) is 7.51. The second-order valence-electron chi connectivity index (χ2n) is 10.9. The maximum Gasteiger partial charge on any atom is 0.226 e. The zero-order valence-corrected chi connectivity index (χ0v) is 24.4. The summed E-state index contributed by atoms with van der Waals surface area (Å²) in [7, 11) is 1.62. The zero-order chi connectivity index (χ0) is 30.1. The molecule has 9 heteroatoms. The van der Waals surface area contributed by atoms with Crippen molar-refractivity contribution in [2.24, 2.45) is 0 Å². The molecular formula is C34H33N3O6. The Hall–Kier alpha value is -4.86. The van der Waals surface area contributed by atoms with Gasteiger partial charge in [0.15, 0.2) is 23.4 Å². The molecule has 0 aliphatic carbocycles. The van der Waals surface area contributed by atoms with Gasteiger partial charge in [0.2, 0.25) is 5.89 Å². The Morgan fingerprint density at radius 3 is 2.44 bits per heavy atom. The van der Waals surface area contributed by atoms with Crippen LogP contribution < -0.4 is 14.2 Å². The van der Waals surface area contributed by atoms with Gasteiger partial charge in [-0.05, 0) is 68.8 Å². The lowest BCUT2D eigenvalue weighted by Gasteiger charge is -2.28. The smallest absolute Gasteiger partial charge is 0.226 e. The van der Waals surface area contributed by atoms with E-state index in [9.17, 15) is 10.2 Å². The van der Waals surface area contributed by atoms with Gasteiger partial charge in [0, 0.05) is 40.8 Å². The highest BCUT2D eigenvalue weighted by Gasteiger charge is 2.29. The van der Waals surface area contributed by atoms with E-state index < -0.39 is 11.9 Å². The molecule has 0 saturated heterocycles. The van der Waals surface area contributed by atoms with E-state index in [4.69, 9.17) is 18.6 Å². The summed E-state index contributed by atoms with van der Waals surface area (Å²) in [4.78, 5) is 8.66. The van der Waals surface area contributed by atoms with Gasteiger partial charge in [-0.2, -0.15) is 0 Å². The number of aromatic nitrogens is 3. The number of fused-ring (bicyclic) bond motifs is 3. The van der Waals surface area contributed by atoms with E-state index in [0.29, 0.717) is 41.1 Å². The number of hydrogen-bond acceptors (Lipinski definition) is 8. The molecule has 220 valence electrons. The number of methoxy groups -OCH3 is 1. The van der Waals surface area contributed by atoms with Crippen molar-refractivity contribution in [3.8, 4) is 28.7 Å². The number of ether oxygens (including phenoxy) is 3. The van der Waals surface area contributed by atoms with Crippen LogP contribution in [0.4, 0.5) is 0 Å². The van der Waals surface area contributed by atoms with Crippen LogP contribution in [0.2, 0.25) is 0 Å². The SMILES string of the molecule is COc1cc(Cn2c3ccccc3c3c(OC(C)(C)C(O)O)cccc32)ccc1OCc1nc(-c2ccncc2)oc1C. The largest absolute Gasteiger partial charge is 0.493 e. The molecule has 0 aliphatic rings. The molecular weight excluding hydrogens is 546 g/mol. The van der Waals surface area contributed by atoms with Gasteiger partial charge >= 0.3 is 0 Å². The van der Waals surface area contributed by atoms with Crippen LogP contribution in [0.25, 0.3) is 33.3 Å². The van der Waals surface area contributed by atoms with Crippen LogP contribution in [0.1, 0.15) is 30.9 Å². The molecule has 3 aromatic carbocycles. The van der Waals surface area contributed by atoms with Gasteiger partial charge in [-0.25, -0.2) is 4.98 Å². The molecule has 0 atom stereocenters. The topological polar surface area (TPSA) is 112 Å². The second kappa shape index (κ2) is 11.4. The fourth-order valence-corrected chi connectivity index (χ4v) is 5.10. The normalized spacial score (nSPS) is 11.9. The first kappa shape index (κ1) is 28.3. The first-order valence-electron chi connectivity index (χ1n) is 14.0. The summed E-state index contributed by atoms with van der Waals surface area (Å²) in [5, 5.41) is 21.6. The van der Waals surface area contributed by atoms with Gasteiger partial charge in [0.25, 0.3) is 0 Å². The Kier molecular flexibility index (Phi) is 7.52. The predicted molar refractivity (Wildman–Crippen MR) is 163 cm³/mol. The highest BCUT2D eigenvalue weighted by molar-refractivity contribution is 6.11. The summed E-state index contributed by atoms with van der Waals surface area (Å²) in [6, 6.07) is 23.5. The van der Waals surface area contributed by atoms with E-state index in [1.165, 1.54) is 0 Å². The highest BCUT2D eigenvalue weighted by atomic mass is 16.6. The van der Waals surface area contributed by atoms with E-state index in [0.717, 1.165) is 32.9 Å². The lowest BCUT2D eigenvalue weighted by Crippen LogP contribution is -2.41. The molecule has 0 bridgehead atoms. The monoisotopic (exact) mass is 579 g/mol. The van der Waals surface area contributed by atoms with E-state index in [2.05, 4.69) is 20.6 Å². The fraction of sp³-hybridized carbons (Fsp3) is 0.235. The summed E-state index contributed by atoms with van der Waals surface area (Å²) in [5.74, 6) is 3.01. The molecule has 6 aromatic rings. The van der Waals surface area contributed by atoms with Crippen molar-refractivity contribution in [3.05, 3.63) is 102 Å². The van der Waals surface area contributed by atoms with E-state index in [1.807, 2.05) is 73.7 Å². The van der Waals surface area contributed by atoms with Gasteiger partial charge in [0.05, 0.1) is 12.6 Å². The second-order valence-corrected chi connectivity index (χ2v) is 10.9. The molecule has 0 aliphatic heterocycles. The third-order valence-corrected chi connectivity index (χ3v) is 7.51. The minimum atomic E-state index is -1.64. The van der Waals surface area contributed by atoms with Crippen molar-refractivity contribution in [2.75, 3.05) is 7.11 Å². The number of aliphatic hydroxyl groups excluding tert-OH is 1. The molecule has 0 radical (unpaired) electrons. The van der Waals surface area contributed by atoms with Gasteiger partial charge in [-0.1, -0.05) is 30.3 Å². The Bertz CT molecular complexity index is 1890. The van der Waals surface area contributed by atoms with Crippen molar-refractivity contribution in [3.63, 3.8) is 0 Å². The molecule has 6 rings (SSSR count). The quantitative estimate of drug-likeness (QED) is 0.183. The van der Waals surface area contributed by atoms with Crippen LogP contribution in [-0.4, -0.2) is 43.7 Å². The van der Waals surface area contributed by atoms with E-state index in [1.54, 1.807) is 33.4 Å². The number of para-hydroxylation sites is 1. The Labute approximate surface area is 248 Å². The molecule has 43 heavy (non-hydrogen) atoms. The number of pyridine rings is 1. The lowest BCUT2D eigenvalue weighted by atomic mass is 10.1. The molecule has 3 aromatic heterocycles. The Morgan fingerprint density at radius 1 is 0.907 bits per heavy atom. The zero-order valence-electron chi connectivity index (χ0n) is 24.4. The maximum atomic E-state index is 9.86. The molecule has 3 heterocycles. The van der Waals surface area contributed by atoms with E-state index >= 15 is 0 Å². The lowest BCUT2D eigenvalue weighted by molar-refractivity contribution is -0.153. The van der Waals surface area contributed by atoms with Crippen molar-refractivity contribution in [1.82, 2.24) is 14.5 Å². The van der Waals surface area contributed by atoms with Crippen molar-refractivity contribution in [1.29, 1.82) is 0 Å². The molecule has 9 nitrogen and oxygen atoms in total. The average molecular weight is 580 g/mol. The van der Waals surface area contributed by atoms with Crippen LogP contribution >= 0.6 is 0 Å². The van der Waals surface area contributed by atoms with Crippen LogP contribution in [-0.2, 0) is 13.2 Å². The van der Waals surface area contributed by atoms with Gasteiger partial charge in [0.1, 0.15) is 23.8 Å². The summed E-state index contributed by atoms with van der Waals surface area (Å²) >= 11 is 0. The minimum absolute atomic E-state index is 0.227. The Morgan fingerprint density at radius 2 is 1.67 bits per heavy atom. The summed E-state index contributed by atoms with van der Waals surface area (Å²) in [6.45, 7) is 5.95. The van der Waals surface area contributed by atoms with Gasteiger partial charge in [-0.3, -0.25) is 4.98 Å². The molecule has 0 saturated carbocycles. The fourth-order valence-electron chi connectivity index (χ4n) is 5.10. The number of benzene rings is 3. The van der Waals surface area contributed by atoms with Gasteiger partial charge < -0.3 is 33.4 Å². The number of nitrogens with zero attached hydrogens (tertiary/aromatic N) is 3. The number of hydrogen-bond donors (Lipinski definition) is 2. The average Bonchev–Trinajstić information content (AvgIpc) is 3.54. The molecule has 0 unspecified atom stereocenters. The standard InChI is InChI=1S/C34H33N3O6/c1-21-25(36-32(42-21)23-14-16-35-17-15-23)20-41-28-13-12-22(18-30(28)40-4)19-37-26-9-6-5-8-24(26)31-27(37)10-7-11-29(31)43-34(2,3)33(38)39/h5-18,33,38-39H,19-20H2,1-4H3. The van der Waals surface area contributed by atoms with Crippen molar-refractivity contribution < 1.29 is 28.8 Å². The summed E-state index contributed by atoms with van der Waals surface area (Å²) in [6.07, 6.45) is 1.76. The van der Waals surface area contributed by atoms with Crippen molar-refractivity contribution in [2.45, 2.75) is 45.8 Å². The van der Waals surface area contributed by atoms with E-state index in [-0.39, 0.29) is 6.61 Å². The summed E-state index contributed by atoms with van der Waals surface area (Å²) in [5.41, 5.74) is 3.38. The predicted octanol–water partition coefficient (Wildman–Crippen LogP) is 6.26. The summed E-state index contributed by atoms with van der Waals surface area (Å²) < 4.78 is 26.1. The number of rotatable bonds is 10. The van der Waals surface area contributed by atoms with Crippen LogP contribution in [0.3, 0.4) is 0 Å². The maximum absolute atomic E-state index is 9.86. The number of aryl methyl sites for hydroxylation is 1.